The molecule has 328 valence electrons. The van der Waals surface area contributed by atoms with Crippen LogP contribution in [0, 0.1) is 0 Å². The summed E-state index contributed by atoms with van der Waals surface area (Å²) < 4.78 is 10.4. The van der Waals surface area contributed by atoms with Gasteiger partial charge < -0.3 is 8.98 Å². The maximum atomic E-state index is 7.71. The van der Waals surface area contributed by atoms with E-state index in [1.807, 2.05) is 0 Å². The first kappa shape index (κ1) is 52.5. The average molecular weight is 922 g/mol. The van der Waals surface area contributed by atoms with Crippen LogP contribution in [0.3, 0.4) is 0 Å². The molecule has 0 unspecified atom stereocenters. The van der Waals surface area contributed by atoms with Crippen molar-refractivity contribution < 1.29 is 4.42 Å². The van der Waals surface area contributed by atoms with Crippen LogP contribution in [0.2, 0.25) is 0 Å². The first-order valence-corrected chi connectivity index (χ1v) is 26.9. The molecule has 0 bridgehead atoms. The number of benzene rings is 7. The van der Waals surface area contributed by atoms with Crippen molar-refractivity contribution in [1.82, 2.24) is 19.5 Å². The summed E-state index contributed by atoms with van der Waals surface area (Å²) in [4.78, 5) is 16.9. The zero-order valence-corrected chi connectivity index (χ0v) is 49.7. The Morgan fingerprint density at radius 1 is 0.216 bits per heavy atom. The number of hydrogen-bond donors (Lipinski definition) is 0. The number of nitrogens with zero attached hydrogens (tertiary/aromatic N) is 4. The van der Waals surface area contributed by atoms with Crippen molar-refractivity contribution in [2.75, 3.05) is 0 Å². The first-order chi connectivity index (χ1) is 34.6. The van der Waals surface area contributed by atoms with Crippen LogP contribution in [0.4, 0.5) is 0 Å². The van der Waals surface area contributed by atoms with E-state index in [-0.39, 0.29) is 0 Å². The van der Waals surface area contributed by atoms with E-state index in [4.69, 9.17) is 19.4 Å². The molecule has 0 aliphatic heterocycles. The molecule has 74 heavy (non-hydrogen) atoms. The molecule has 0 spiro atoms. The van der Waals surface area contributed by atoms with Gasteiger partial charge in [-0.05, 0) is 16.2 Å². The zero-order valence-electron chi connectivity index (χ0n) is 49.7. The lowest BCUT2D eigenvalue weighted by molar-refractivity contribution is 0.670. The van der Waals surface area contributed by atoms with Gasteiger partial charge in [-0.3, -0.25) is 0 Å². The number of fused-ring (bicyclic) bond motifs is 7. The van der Waals surface area contributed by atoms with Crippen LogP contribution in [-0.4, -0.2) is 224 Å². The molecule has 0 aliphatic carbocycles. The molecule has 0 N–H and O–H groups in total. The molecule has 0 atom stereocenters. The van der Waals surface area contributed by atoms with Gasteiger partial charge in [-0.25, -0.2) is 15.0 Å². The molecule has 10 rings (SSSR count). The van der Waals surface area contributed by atoms with E-state index < -0.39 is 0 Å². The third-order valence-corrected chi connectivity index (χ3v) is 20.4. The lowest BCUT2D eigenvalue weighted by atomic mass is 9.60. The van der Waals surface area contributed by atoms with Crippen LogP contribution in [0.25, 0.3) is 94.4 Å². The second kappa shape index (κ2) is 17.8. The van der Waals surface area contributed by atoms with Crippen molar-refractivity contribution in [1.29, 1.82) is 0 Å². The number of hydrogen-bond acceptors (Lipinski definition) is 4. The van der Waals surface area contributed by atoms with E-state index in [9.17, 15) is 0 Å². The van der Waals surface area contributed by atoms with E-state index >= 15 is 0 Å². The average Bonchev–Trinajstić information content (AvgIpc) is 3.95. The smallest absolute Gasteiger partial charge is 0.164 e. The number of aromatic nitrogens is 4. The minimum atomic E-state index is 0.672. The minimum absolute atomic E-state index is 0.672. The summed E-state index contributed by atoms with van der Waals surface area (Å²) in [6.45, 7) is 0. The molecule has 0 fully saturated rings. The second-order valence-electron chi connectivity index (χ2n) is 23.1. The van der Waals surface area contributed by atoms with Crippen LogP contribution in [0.5, 0.6) is 0 Å². The Hall–Kier alpha value is -4.90. The summed E-state index contributed by atoms with van der Waals surface area (Å²) in [7, 11) is 59.4. The maximum absolute atomic E-state index is 7.71. The topological polar surface area (TPSA) is 56.7 Å². The largest absolute Gasteiger partial charge is 0.454 e. The molecule has 0 saturated carbocycles. The first-order valence-electron chi connectivity index (χ1n) is 26.9. The van der Waals surface area contributed by atoms with Crippen molar-refractivity contribution in [3.8, 4) is 39.9 Å². The lowest BCUT2D eigenvalue weighted by Gasteiger charge is -2.23. The standard InChI is InChI=1S/C43H52B26N4O/c44-10-2-3(12(46)22(56)21(55)11(2)45)20(54)36-4(10)5-13(47)23(57)32(66)33(67)37(5)73(36)38-34(68)28(62)14(48)6-1-7(15(49)29(63)35(69)39(1)74-40(6)38)41-70-42(8-16(50)24(58)30(64)25(59)17(8)51)72-43(71-41)9-18(52)26(60)31(65)27(61)19(9)53/h44-69H2. The van der Waals surface area contributed by atoms with Crippen LogP contribution >= 0.6 is 0 Å². The molecule has 31 heteroatoms. The zero-order chi connectivity index (χ0) is 54.2. The van der Waals surface area contributed by atoms with E-state index in [1.165, 1.54) is 164 Å². The molecule has 0 amide bonds. The Kier molecular flexibility index (Phi) is 12.7. The summed E-state index contributed by atoms with van der Waals surface area (Å²) in [6.07, 6.45) is 0. The predicted octanol–water partition coefficient (Wildman–Crippen LogP) is -34.3. The third kappa shape index (κ3) is 6.84. The minimum Gasteiger partial charge on any atom is -0.454 e. The van der Waals surface area contributed by atoms with Crippen molar-refractivity contribution in [3.05, 3.63) is 0 Å². The summed E-state index contributed by atoms with van der Waals surface area (Å²) in [6, 6.07) is 0. The van der Waals surface area contributed by atoms with Gasteiger partial charge in [-0.15, -0.1) is 49.2 Å². The molecule has 7 aromatic carbocycles. The van der Waals surface area contributed by atoms with Crippen molar-refractivity contribution in [3.63, 3.8) is 0 Å². The van der Waals surface area contributed by atoms with Gasteiger partial charge in [0.1, 0.15) is 210 Å². The Morgan fingerprint density at radius 2 is 0.514 bits per heavy atom. The van der Waals surface area contributed by atoms with E-state index in [0.717, 1.165) is 55.2 Å². The van der Waals surface area contributed by atoms with Gasteiger partial charge in [-0.2, -0.15) is 0 Å². The van der Waals surface area contributed by atoms with Gasteiger partial charge in [0, 0.05) is 43.9 Å². The Labute approximate surface area is 461 Å². The van der Waals surface area contributed by atoms with Crippen molar-refractivity contribution in [2.24, 2.45) is 0 Å². The second-order valence-corrected chi connectivity index (χ2v) is 23.1. The van der Waals surface area contributed by atoms with Gasteiger partial charge in [0.15, 0.2) is 23.1 Å². The number of furan rings is 1. The molecule has 3 heterocycles. The molecule has 3 aromatic heterocycles. The Balaban J connectivity index is 1.45. The quantitative estimate of drug-likeness (QED) is 0.165. The molecule has 0 saturated heterocycles. The summed E-state index contributed by atoms with van der Waals surface area (Å²) in [5, 5.41) is 7.62. The predicted molar refractivity (Wildman–Crippen MR) is 408 cm³/mol. The molecular weight excluding hydrogens is 870 g/mol. The Morgan fingerprint density at radius 3 is 0.973 bits per heavy atom. The lowest BCUT2D eigenvalue weighted by Crippen LogP contribution is -2.55. The highest BCUT2D eigenvalue weighted by atomic mass is 16.3. The fraction of sp³-hybridized carbons (Fsp3) is 0. The van der Waals surface area contributed by atoms with Gasteiger partial charge >= 0.3 is 0 Å². The van der Waals surface area contributed by atoms with Crippen LogP contribution < -0.4 is 142 Å². The van der Waals surface area contributed by atoms with Gasteiger partial charge in [0.05, 0.1) is 5.69 Å². The van der Waals surface area contributed by atoms with E-state index in [0.29, 0.717) is 17.5 Å². The van der Waals surface area contributed by atoms with Gasteiger partial charge in [0.25, 0.3) is 0 Å². The van der Waals surface area contributed by atoms with E-state index in [2.05, 4.69) is 209 Å². The van der Waals surface area contributed by atoms with Crippen molar-refractivity contribution >= 4 is 401 Å². The maximum Gasteiger partial charge on any atom is 0.164 e. The number of rotatable bonds is 4. The fourth-order valence-electron chi connectivity index (χ4n) is 13.7. The van der Waals surface area contributed by atoms with Gasteiger partial charge in [-0.1, -0.05) is 92.9 Å². The molecule has 0 radical (unpaired) electrons. The molecule has 5 nitrogen and oxygen atoms in total. The summed E-state index contributed by atoms with van der Waals surface area (Å²) in [5.41, 5.74) is 41.8. The van der Waals surface area contributed by atoms with Crippen LogP contribution in [0.1, 0.15) is 0 Å². The highest BCUT2D eigenvalue weighted by molar-refractivity contribution is 6.75. The highest BCUT2D eigenvalue weighted by Gasteiger charge is 2.32. The molecular formula is C43H52B26N4O. The van der Waals surface area contributed by atoms with Crippen molar-refractivity contribution in [2.45, 2.75) is 0 Å². The normalized spacial score (nSPS) is 11.8. The molecule has 10 aromatic rings. The van der Waals surface area contributed by atoms with Crippen LogP contribution in [0.15, 0.2) is 4.42 Å². The molecule has 0 aliphatic rings. The fourth-order valence-corrected chi connectivity index (χ4v) is 13.7. The van der Waals surface area contributed by atoms with Gasteiger partial charge in [0.2, 0.25) is 0 Å². The van der Waals surface area contributed by atoms with E-state index in [1.54, 1.807) is 0 Å². The summed E-state index contributed by atoms with van der Waals surface area (Å²) >= 11 is 0. The van der Waals surface area contributed by atoms with Crippen LogP contribution in [-0.2, 0) is 0 Å². The summed E-state index contributed by atoms with van der Waals surface area (Å²) in [5.74, 6) is 2.09. The highest BCUT2D eigenvalue weighted by Crippen LogP contribution is 2.37. The Bertz CT molecular complexity index is 4190. The third-order valence-electron chi connectivity index (χ3n) is 20.4. The SMILES string of the molecule is Bc1c(B)c(B)c(-c2nc(-c3c(B)c(B)c(B)c(B)c3B)nc(-c3c(B)c(B)c(B)c4oc5c(-n6c7c(B)c(B)c(B)c(B)c7c7c(B)c8c(B)c(B)c(B)c(B)c8c(B)c76)c(B)c(B)c(B)c5c34)n2)c(B)c1B. The monoisotopic (exact) mass is 927 g/mol.